The lowest BCUT2D eigenvalue weighted by Crippen LogP contribution is -2.21. The van der Waals surface area contributed by atoms with E-state index in [1.165, 1.54) is 18.0 Å². The molecule has 5 rings (SSSR count). The minimum atomic E-state index is -0.641. The first-order chi connectivity index (χ1) is 17.4. The maximum Gasteiger partial charge on any atom is 0.282 e. The Bertz CT molecular complexity index is 1710. The number of carbonyl (C=O) groups is 1. The zero-order chi connectivity index (χ0) is 25.2. The molecule has 10 heteroatoms. The maximum absolute atomic E-state index is 13.5. The van der Waals surface area contributed by atoms with E-state index in [1.54, 1.807) is 48.5 Å². The Morgan fingerprint density at radius 3 is 2.81 bits per heavy atom. The van der Waals surface area contributed by atoms with Crippen LogP contribution < -0.4 is 20.8 Å². The summed E-state index contributed by atoms with van der Waals surface area (Å²) < 4.78 is 19.0. The van der Waals surface area contributed by atoms with Crippen LogP contribution in [0.25, 0.3) is 33.5 Å². The molecule has 0 atom stereocenters. The van der Waals surface area contributed by atoms with Crippen LogP contribution in [0.3, 0.4) is 0 Å². The molecule has 0 radical (unpaired) electrons. The van der Waals surface area contributed by atoms with Crippen LogP contribution >= 0.6 is 15.9 Å². The number of nitrogens with two attached hydrogens (primary N) is 1. The zero-order valence-corrected chi connectivity index (χ0v) is 20.6. The number of hydrogen-bond acceptors (Lipinski definition) is 7. The number of hydrogen-bond donors (Lipinski definition) is 1. The van der Waals surface area contributed by atoms with Gasteiger partial charge in [0.05, 0.1) is 24.2 Å². The van der Waals surface area contributed by atoms with E-state index in [0.717, 1.165) is 9.86 Å². The van der Waals surface area contributed by atoms with Gasteiger partial charge in [0, 0.05) is 15.4 Å². The molecule has 2 aromatic heterocycles. The van der Waals surface area contributed by atoms with E-state index in [9.17, 15) is 9.59 Å². The summed E-state index contributed by atoms with van der Waals surface area (Å²) in [6, 6.07) is 19.5. The molecule has 180 valence electrons. The quantitative estimate of drug-likeness (QED) is 0.303. The summed E-state index contributed by atoms with van der Waals surface area (Å²) in [4.78, 5) is 29.4. The van der Waals surface area contributed by atoms with Crippen molar-refractivity contribution in [2.45, 2.75) is 0 Å². The van der Waals surface area contributed by atoms with Crippen molar-refractivity contribution in [3.05, 3.63) is 87.1 Å². The van der Waals surface area contributed by atoms with E-state index in [0.29, 0.717) is 33.6 Å². The molecule has 3 aromatic carbocycles. The average Bonchev–Trinajstić information content (AvgIpc) is 3.30. The summed E-state index contributed by atoms with van der Waals surface area (Å²) in [6.45, 7) is -0.349. The maximum atomic E-state index is 13.5. The molecule has 9 nitrogen and oxygen atoms in total. The molecule has 0 unspecified atom stereocenters. The molecule has 0 saturated carbocycles. The van der Waals surface area contributed by atoms with Crippen LogP contribution in [-0.2, 0) is 4.79 Å². The smallest absolute Gasteiger partial charge is 0.282 e. The number of nitrogens with zero attached hydrogens (tertiary/aromatic N) is 3. The van der Waals surface area contributed by atoms with Gasteiger partial charge in [-0.1, -0.05) is 34.1 Å². The molecular weight excluding hydrogens is 528 g/mol. The van der Waals surface area contributed by atoms with Crippen molar-refractivity contribution < 1.29 is 18.7 Å². The monoisotopic (exact) mass is 546 g/mol. The fourth-order valence-corrected chi connectivity index (χ4v) is 4.11. The SMILES string of the molecule is COc1cccc(C=Nn2c(-c3cc4cc(Br)ccc4o3)nc3ccccc3c2=O)c1OCC(N)=O. The normalized spacial score (nSPS) is 11.4. The van der Waals surface area contributed by atoms with Crippen molar-refractivity contribution in [2.75, 3.05) is 13.7 Å². The Morgan fingerprint density at radius 1 is 1.17 bits per heavy atom. The molecule has 0 bridgehead atoms. The van der Waals surface area contributed by atoms with Gasteiger partial charge < -0.3 is 19.6 Å². The average molecular weight is 547 g/mol. The highest BCUT2D eigenvalue weighted by Crippen LogP contribution is 2.31. The van der Waals surface area contributed by atoms with Gasteiger partial charge in [0.15, 0.2) is 23.9 Å². The van der Waals surface area contributed by atoms with E-state index in [2.05, 4.69) is 26.0 Å². The van der Waals surface area contributed by atoms with Gasteiger partial charge in [-0.15, -0.1) is 0 Å². The third-order valence-corrected chi connectivity index (χ3v) is 5.85. The number of methoxy groups -OCH3 is 1. The van der Waals surface area contributed by atoms with Gasteiger partial charge in [-0.3, -0.25) is 9.59 Å². The summed E-state index contributed by atoms with van der Waals surface area (Å²) in [5.41, 5.74) is 6.48. The highest BCUT2D eigenvalue weighted by molar-refractivity contribution is 9.10. The molecule has 2 heterocycles. The second-order valence-corrected chi connectivity index (χ2v) is 8.66. The van der Waals surface area contributed by atoms with Crippen LogP contribution in [0.15, 0.2) is 85.5 Å². The number of benzene rings is 3. The molecular formula is C26H19BrN4O5. The minimum Gasteiger partial charge on any atom is -0.493 e. The van der Waals surface area contributed by atoms with Crippen LogP contribution in [0, 0.1) is 0 Å². The predicted molar refractivity (Wildman–Crippen MR) is 140 cm³/mol. The molecule has 0 spiro atoms. The fraction of sp³-hybridized carbons (Fsp3) is 0.0769. The predicted octanol–water partition coefficient (Wildman–Crippen LogP) is 4.33. The summed E-state index contributed by atoms with van der Waals surface area (Å²) in [7, 11) is 1.48. The van der Waals surface area contributed by atoms with Gasteiger partial charge in [-0.2, -0.15) is 9.78 Å². The van der Waals surface area contributed by atoms with Crippen molar-refractivity contribution in [1.82, 2.24) is 9.66 Å². The molecule has 36 heavy (non-hydrogen) atoms. The number of primary amides is 1. The van der Waals surface area contributed by atoms with Crippen LogP contribution in [0.4, 0.5) is 0 Å². The van der Waals surface area contributed by atoms with Crippen molar-refractivity contribution in [3.63, 3.8) is 0 Å². The van der Waals surface area contributed by atoms with Crippen LogP contribution in [-0.4, -0.2) is 35.5 Å². The van der Waals surface area contributed by atoms with Crippen molar-refractivity contribution in [2.24, 2.45) is 10.8 Å². The largest absolute Gasteiger partial charge is 0.493 e. The first kappa shape index (κ1) is 23.3. The van der Waals surface area contributed by atoms with Crippen molar-refractivity contribution in [1.29, 1.82) is 0 Å². The first-order valence-electron chi connectivity index (χ1n) is 10.8. The van der Waals surface area contributed by atoms with Gasteiger partial charge in [0.2, 0.25) is 5.82 Å². The third-order valence-electron chi connectivity index (χ3n) is 5.35. The highest BCUT2D eigenvalue weighted by atomic mass is 79.9. The fourth-order valence-electron chi connectivity index (χ4n) is 3.73. The number of ether oxygens (including phenoxy) is 2. The first-order valence-corrected chi connectivity index (χ1v) is 11.6. The lowest BCUT2D eigenvalue weighted by Gasteiger charge is -2.12. The summed E-state index contributed by atoms with van der Waals surface area (Å²) in [5, 5.41) is 5.69. The number of fused-ring (bicyclic) bond motifs is 2. The van der Waals surface area contributed by atoms with Crippen LogP contribution in [0.2, 0.25) is 0 Å². The number of furan rings is 1. The number of carbonyl (C=O) groups excluding carboxylic acids is 1. The Morgan fingerprint density at radius 2 is 2.00 bits per heavy atom. The van der Waals surface area contributed by atoms with Crippen molar-refractivity contribution >= 4 is 49.9 Å². The molecule has 0 aliphatic carbocycles. The van der Waals surface area contributed by atoms with Crippen LogP contribution in [0.1, 0.15) is 5.56 Å². The minimum absolute atomic E-state index is 0.227. The highest BCUT2D eigenvalue weighted by Gasteiger charge is 2.17. The number of para-hydroxylation sites is 2. The van der Waals surface area contributed by atoms with Gasteiger partial charge in [-0.25, -0.2) is 4.98 Å². The Hall–Kier alpha value is -4.44. The second kappa shape index (κ2) is 9.67. The number of aromatic nitrogens is 2. The van der Waals surface area contributed by atoms with Gasteiger partial charge in [0.25, 0.3) is 11.5 Å². The van der Waals surface area contributed by atoms with Crippen LogP contribution in [0.5, 0.6) is 11.5 Å². The summed E-state index contributed by atoms with van der Waals surface area (Å²) in [5.74, 6) is 0.605. The Labute approximate surface area is 212 Å². The number of halogens is 1. The van der Waals surface area contributed by atoms with E-state index in [4.69, 9.17) is 19.6 Å². The van der Waals surface area contributed by atoms with Gasteiger partial charge >= 0.3 is 0 Å². The number of amides is 1. The van der Waals surface area contributed by atoms with Crippen molar-refractivity contribution in [3.8, 4) is 23.1 Å². The zero-order valence-electron chi connectivity index (χ0n) is 19.0. The summed E-state index contributed by atoms with van der Waals surface area (Å²) in [6.07, 6.45) is 1.43. The van der Waals surface area contributed by atoms with E-state index in [1.807, 2.05) is 18.2 Å². The van der Waals surface area contributed by atoms with Gasteiger partial charge in [-0.05, 0) is 48.5 Å². The molecule has 1 amide bonds. The summed E-state index contributed by atoms with van der Waals surface area (Å²) >= 11 is 3.46. The second-order valence-electron chi connectivity index (χ2n) is 7.74. The van der Waals surface area contributed by atoms with Gasteiger partial charge in [0.1, 0.15) is 5.58 Å². The molecule has 5 aromatic rings. The Balaban J connectivity index is 1.68. The number of rotatable bonds is 7. The van der Waals surface area contributed by atoms with E-state index >= 15 is 0 Å². The molecule has 0 fully saturated rings. The van der Waals surface area contributed by atoms with E-state index < -0.39 is 5.91 Å². The van der Waals surface area contributed by atoms with E-state index in [-0.39, 0.29) is 23.7 Å². The topological polar surface area (TPSA) is 122 Å². The lowest BCUT2D eigenvalue weighted by atomic mass is 10.2. The molecule has 2 N–H and O–H groups in total. The molecule has 0 aliphatic heterocycles. The molecule has 0 aliphatic rings. The third kappa shape index (κ3) is 4.46. The Kier molecular flexibility index (Phi) is 6.26. The lowest BCUT2D eigenvalue weighted by molar-refractivity contribution is -0.119. The standard InChI is InChI=1S/C26H19BrN4O5/c1-34-21-8-4-5-15(24(21)35-14-23(28)32)13-29-31-25(30-19-7-3-2-6-18(19)26(31)33)22-12-16-11-17(27)9-10-20(16)36-22/h2-13H,14H2,1H3,(H2,28,32). The molecule has 0 saturated heterocycles.